The quantitative estimate of drug-likeness (QED) is 0.891. The number of urea groups is 1. The molecule has 0 fully saturated rings. The number of benzene rings is 1. The van der Waals surface area contributed by atoms with E-state index in [0.29, 0.717) is 26.1 Å². The van der Waals surface area contributed by atoms with Gasteiger partial charge in [0.25, 0.3) is 0 Å². The first-order valence-electron chi connectivity index (χ1n) is 7.36. The maximum absolute atomic E-state index is 13.2. The molecule has 116 valence electrons. The van der Waals surface area contributed by atoms with Crippen molar-refractivity contribution < 1.29 is 9.18 Å². The van der Waals surface area contributed by atoms with Crippen LogP contribution in [0.15, 0.2) is 48.7 Å². The van der Waals surface area contributed by atoms with Gasteiger partial charge in [-0.3, -0.25) is 4.98 Å². The third-order valence-electron chi connectivity index (χ3n) is 3.31. The molecule has 0 aliphatic rings. The first-order valence-corrected chi connectivity index (χ1v) is 7.36. The predicted molar refractivity (Wildman–Crippen MR) is 83.8 cm³/mol. The second kappa shape index (κ2) is 8.12. The average Bonchev–Trinajstić information content (AvgIpc) is 2.53. The molecule has 1 aromatic heterocycles. The van der Waals surface area contributed by atoms with Crippen molar-refractivity contribution in [3.05, 3.63) is 65.7 Å². The van der Waals surface area contributed by atoms with Crippen LogP contribution in [0.25, 0.3) is 0 Å². The molecule has 22 heavy (non-hydrogen) atoms. The second-order valence-electron chi connectivity index (χ2n) is 4.95. The SMILES string of the molecule is CCN(Cc1cccc(F)c1)C(=O)NCCc1ccccn1. The first kappa shape index (κ1) is 15.9. The summed E-state index contributed by atoms with van der Waals surface area (Å²) in [6, 6.07) is 11.9. The largest absolute Gasteiger partial charge is 0.338 e. The van der Waals surface area contributed by atoms with Crippen LogP contribution >= 0.6 is 0 Å². The van der Waals surface area contributed by atoms with Gasteiger partial charge in [0.15, 0.2) is 0 Å². The summed E-state index contributed by atoms with van der Waals surface area (Å²) < 4.78 is 13.2. The lowest BCUT2D eigenvalue weighted by atomic mass is 10.2. The second-order valence-corrected chi connectivity index (χ2v) is 4.95. The molecule has 2 amide bonds. The summed E-state index contributed by atoms with van der Waals surface area (Å²) in [7, 11) is 0. The van der Waals surface area contributed by atoms with Crippen molar-refractivity contribution in [1.82, 2.24) is 15.2 Å². The molecule has 0 radical (unpaired) electrons. The summed E-state index contributed by atoms with van der Waals surface area (Å²) in [6.07, 6.45) is 2.42. The molecule has 5 heteroatoms. The fourth-order valence-electron chi connectivity index (χ4n) is 2.14. The van der Waals surface area contributed by atoms with E-state index >= 15 is 0 Å². The molecule has 0 aliphatic carbocycles. The van der Waals surface area contributed by atoms with Gasteiger partial charge in [0, 0.05) is 37.9 Å². The van der Waals surface area contributed by atoms with Gasteiger partial charge in [-0.1, -0.05) is 18.2 Å². The Bertz CT molecular complexity index is 604. The van der Waals surface area contributed by atoms with Crippen molar-refractivity contribution in [2.24, 2.45) is 0 Å². The standard InChI is InChI=1S/C17H20FN3O/c1-2-21(13-14-6-5-7-15(18)12-14)17(22)20-11-9-16-8-3-4-10-19-16/h3-8,10,12H,2,9,11,13H2,1H3,(H,20,22). The number of hydrogen-bond acceptors (Lipinski definition) is 2. The van der Waals surface area contributed by atoms with Crippen molar-refractivity contribution in [3.63, 3.8) is 0 Å². The van der Waals surface area contributed by atoms with Gasteiger partial charge >= 0.3 is 6.03 Å². The average molecular weight is 301 g/mol. The Kier molecular flexibility index (Phi) is 5.89. The molecule has 0 saturated heterocycles. The maximum atomic E-state index is 13.2. The molecule has 0 unspecified atom stereocenters. The van der Waals surface area contributed by atoms with Crippen LogP contribution in [-0.4, -0.2) is 29.0 Å². The van der Waals surface area contributed by atoms with E-state index in [1.807, 2.05) is 31.2 Å². The lowest BCUT2D eigenvalue weighted by Gasteiger charge is -2.21. The highest BCUT2D eigenvalue weighted by Crippen LogP contribution is 2.07. The Morgan fingerprint density at radius 3 is 2.82 bits per heavy atom. The number of amides is 2. The van der Waals surface area contributed by atoms with Gasteiger partial charge in [-0.05, 0) is 36.8 Å². The van der Waals surface area contributed by atoms with Crippen LogP contribution in [0, 0.1) is 5.82 Å². The fourth-order valence-corrected chi connectivity index (χ4v) is 2.14. The molecule has 1 heterocycles. The van der Waals surface area contributed by atoms with Gasteiger partial charge in [0.1, 0.15) is 5.82 Å². The molecular formula is C17H20FN3O. The molecule has 2 rings (SSSR count). The molecular weight excluding hydrogens is 281 g/mol. The van der Waals surface area contributed by atoms with Crippen molar-refractivity contribution in [2.45, 2.75) is 19.9 Å². The van der Waals surface area contributed by atoms with Gasteiger partial charge in [0.05, 0.1) is 0 Å². The van der Waals surface area contributed by atoms with Gasteiger partial charge in [0.2, 0.25) is 0 Å². The summed E-state index contributed by atoms with van der Waals surface area (Å²) in [4.78, 5) is 18.0. The smallest absolute Gasteiger partial charge is 0.317 e. The van der Waals surface area contributed by atoms with E-state index in [9.17, 15) is 9.18 Å². The highest BCUT2D eigenvalue weighted by molar-refractivity contribution is 5.74. The number of nitrogens with one attached hydrogen (secondary N) is 1. The maximum Gasteiger partial charge on any atom is 0.317 e. The highest BCUT2D eigenvalue weighted by Gasteiger charge is 2.11. The molecule has 2 aromatic rings. The van der Waals surface area contributed by atoms with E-state index in [4.69, 9.17) is 0 Å². The molecule has 0 aliphatic heterocycles. The van der Waals surface area contributed by atoms with Crippen molar-refractivity contribution in [3.8, 4) is 0 Å². The summed E-state index contributed by atoms with van der Waals surface area (Å²) in [5.41, 5.74) is 1.72. The number of hydrogen-bond donors (Lipinski definition) is 1. The molecule has 4 nitrogen and oxygen atoms in total. The number of pyridine rings is 1. The summed E-state index contributed by atoms with van der Waals surface area (Å²) in [6.45, 7) is 3.38. The van der Waals surface area contributed by atoms with Crippen LogP contribution in [0.3, 0.4) is 0 Å². The zero-order valence-corrected chi connectivity index (χ0v) is 12.6. The monoisotopic (exact) mass is 301 g/mol. The topological polar surface area (TPSA) is 45.2 Å². The van der Waals surface area contributed by atoms with Crippen LogP contribution in [0.2, 0.25) is 0 Å². The van der Waals surface area contributed by atoms with Gasteiger partial charge in [-0.15, -0.1) is 0 Å². The van der Waals surface area contributed by atoms with Gasteiger partial charge < -0.3 is 10.2 Å². The Morgan fingerprint density at radius 1 is 1.27 bits per heavy atom. The molecule has 0 atom stereocenters. The number of nitrogens with zero attached hydrogens (tertiary/aromatic N) is 2. The van der Waals surface area contributed by atoms with Crippen LogP contribution in [0.4, 0.5) is 9.18 Å². The minimum atomic E-state index is -0.288. The molecule has 0 spiro atoms. The van der Waals surface area contributed by atoms with Crippen LogP contribution in [-0.2, 0) is 13.0 Å². The Hall–Kier alpha value is -2.43. The van der Waals surface area contributed by atoms with Crippen molar-refractivity contribution >= 4 is 6.03 Å². The van der Waals surface area contributed by atoms with Crippen LogP contribution < -0.4 is 5.32 Å². The summed E-state index contributed by atoms with van der Waals surface area (Å²) in [5.74, 6) is -0.288. The lowest BCUT2D eigenvalue weighted by Crippen LogP contribution is -2.40. The van der Waals surface area contributed by atoms with Crippen molar-refractivity contribution in [1.29, 1.82) is 0 Å². The number of carbonyl (C=O) groups excluding carboxylic acids is 1. The molecule has 0 bridgehead atoms. The first-order chi connectivity index (χ1) is 10.7. The normalized spacial score (nSPS) is 10.3. The van der Waals surface area contributed by atoms with Gasteiger partial charge in [-0.25, -0.2) is 9.18 Å². The van der Waals surface area contributed by atoms with E-state index < -0.39 is 0 Å². The minimum Gasteiger partial charge on any atom is -0.338 e. The predicted octanol–water partition coefficient (Wildman–Crippen LogP) is 2.99. The number of rotatable bonds is 6. The Labute approximate surface area is 130 Å². The summed E-state index contributed by atoms with van der Waals surface area (Å²) in [5, 5.41) is 2.87. The Balaban J connectivity index is 1.84. The van der Waals surface area contributed by atoms with Crippen LogP contribution in [0.5, 0.6) is 0 Å². The molecule has 1 N–H and O–H groups in total. The van der Waals surface area contributed by atoms with E-state index in [1.165, 1.54) is 12.1 Å². The number of halogens is 1. The van der Waals surface area contributed by atoms with Gasteiger partial charge in [-0.2, -0.15) is 0 Å². The van der Waals surface area contributed by atoms with Crippen LogP contribution in [0.1, 0.15) is 18.2 Å². The van der Waals surface area contributed by atoms with E-state index in [0.717, 1.165) is 11.3 Å². The molecule has 0 saturated carbocycles. The zero-order valence-electron chi connectivity index (χ0n) is 12.6. The van der Waals surface area contributed by atoms with E-state index in [1.54, 1.807) is 17.2 Å². The number of aromatic nitrogens is 1. The number of carbonyl (C=O) groups is 1. The zero-order chi connectivity index (χ0) is 15.8. The lowest BCUT2D eigenvalue weighted by molar-refractivity contribution is 0.198. The Morgan fingerprint density at radius 2 is 2.14 bits per heavy atom. The minimum absolute atomic E-state index is 0.150. The van der Waals surface area contributed by atoms with E-state index in [2.05, 4.69) is 10.3 Å². The third kappa shape index (κ3) is 4.84. The van der Waals surface area contributed by atoms with Crippen molar-refractivity contribution in [2.75, 3.05) is 13.1 Å². The third-order valence-corrected chi connectivity index (χ3v) is 3.31. The summed E-state index contributed by atoms with van der Waals surface area (Å²) >= 11 is 0. The highest BCUT2D eigenvalue weighted by atomic mass is 19.1. The van der Waals surface area contributed by atoms with E-state index in [-0.39, 0.29) is 11.8 Å². The molecule has 1 aromatic carbocycles. The fraction of sp³-hybridized carbons (Fsp3) is 0.294.